The fourth-order valence-corrected chi connectivity index (χ4v) is 11.9. The molecule has 4 aliphatic carbocycles. The number of carbonyl (C=O) groups excluding carboxylic acids is 3. The summed E-state index contributed by atoms with van der Waals surface area (Å²) >= 11 is 0. The number of fused-ring (bicyclic) bond motifs is 7. The minimum Gasteiger partial charge on any atom is -0.481 e. The van der Waals surface area contributed by atoms with Gasteiger partial charge in [-0.2, -0.15) is 0 Å². The third-order valence-corrected chi connectivity index (χ3v) is 14.4. The Morgan fingerprint density at radius 2 is 1.83 bits per heavy atom. The van der Waals surface area contributed by atoms with Crippen LogP contribution in [0.2, 0.25) is 0 Å². The average Bonchev–Trinajstić information content (AvgIpc) is 3.38. The van der Waals surface area contributed by atoms with Crippen LogP contribution in [0.1, 0.15) is 105 Å². The number of rotatable bonds is 6. The number of ether oxygens (including phenoxy) is 3. The lowest BCUT2D eigenvalue weighted by Gasteiger charge is -2.63. The Morgan fingerprint density at radius 1 is 1.06 bits per heavy atom. The van der Waals surface area contributed by atoms with E-state index in [-0.39, 0.29) is 34.5 Å². The van der Waals surface area contributed by atoms with Crippen molar-refractivity contribution in [2.45, 2.75) is 129 Å². The molecule has 5 fully saturated rings. The van der Waals surface area contributed by atoms with Gasteiger partial charge in [0, 0.05) is 17.6 Å². The van der Waals surface area contributed by atoms with Crippen LogP contribution < -0.4 is 0 Å². The maximum Gasteiger partial charge on any atom is 0.334 e. The highest BCUT2D eigenvalue weighted by Crippen LogP contribution is 2.71. The summed E-state index contributed by atoms with van der Waals surface area (Å²) in [5.74, 6) is -1.65. The van der Waals surface area contributed by atoms with Gasteiger partial charge >= 0.3 is 17.9 Å². The SMILES string of the molecule is C=C1C(=O)O[C@@H]2[C@@H]3O[C@@](C)(C=CC(=O)[C@@H]3CCC3=C[C@@]45CC[C@H]6[C@@](C)(CCC[C@@]6(C)C(=O)O)[C@@H]4CC[C@@H]3C5)C[C@@H](OC(=O)/C(C)=C/C)[C@@H]12. The van der Waals surface area contributed by atoms with Crippen LogP contribution >= 0.6 is 0 Å². The lowest BCUT2D eigenvalue weighted by atomic mass is 9.41. The number of allylic oxidation sites excluding steroid dienone is 4. The number of carboxylic acids is 1. The number of aliphatic carboxylic acids is 1. The molecule has 7 aliphatic rings. The Kier molecular flexibility index (Phi) is 8.05. The quantitative estimate of drug-likeness (QED) is 0.183. The van der Waals surface area contributed by atoms with Gasteiger partial charge < -0.3 is 19.3 Å². The summed E-state index contributed by atoms with van der Waals surface area (Å²) in [4.78, 5) is 52.2. The molecule has 0 aromatic heterocycles. The summed E-state index contributed by atoms with van der Waals surface area (Å²) in [7, 11) is 0. The van der Waals surface area contributed by atoms with Crippen molar-refractivity contribution in [3.8, 4) is 0 Å². The minimum atomic E-state index is -0.894. The second-order valence-electron chi connectivity index (χ2n) is 17.0. The van der Waals surface area contributed by atoms with Crippen molar-refractivity contribution >= 4 is 23.7 Å². The van der Waals surface area contributed by atoms with Crippen molar-refractivity contribution in [3.63, 3.8) is 0 Å². The van der Waals surface area contributed by atoms with E-state index in [1.165, 1.54) is 5.57 Å². The summed E-state index contributed by atoms with van der Waals surface area (Å²) in [6, 6.07) is 0. The van der Waals surface area contributed by atoms with Crippen LogP contribution in [-0.4, -0.2) is 52.7 Å². The summed E-state index contributed by atoms with van der Waals surface area (Å²) in [5, 5.41) is 10.3. The molecule has 7 rings (SSSR count). The zero-order valence-corrected chi connectivity index (χ0v) is 29.2. The van der Waals surface area contributed by atoms with Gasteiger partial charge in [-0.1, -0.05) is 37.6 Å². The monoisotopic (exact) mass is 660 g/mol. The predicted octanol–water partition coefficient (Wildman–Crippen LogP) is 7.08. The second kappa shape index (κ2) is 11.5. The Labute approximate surface area is 284 Å². The van der Waals surface area contributed by atoms with Crippen LogP contribution in [0.15, 0.2) is 47.6 Å². The van der Waals surface area contributed by atoms with Crippen molar-refractivity contribution in [2.75, 3.05) is 0 Å². The smallest absolute Gasteiger partial charge is 0.334 e. The highest BCUT2D eigenvalue weighted by Gasteiger charge is 2.64. The number of ketones is 1. The molecular formula is C40H52O8. The normalized spacial score (nSPS) is 46.4. The van der Waals surface area contributed by atoms with Gasteiger partial charge in [-0.05, 0) is 126 Å². The first kappa shape index (κ1) is 33.5. The van der Waals surface area contributed by atoms with Gasteiger partial charge in [0.25, 0.3) is 0 Å². The topological polar surface area (TPSA) is 116 Å². The number of carbonyl (C=O) groups is 4. The molecule has 8 heteroatoms. The summed E-state index contributed by atoms with van der Waals surface area (Å²) in [5.41, 5.74) is 0.703. The van der Waals surface area contributed by atoms with Crippen molar-refractivity contribution in [2.24, 2.45) is 45.8 Å². The van der Waals surface area contributed by atoms with Gasteiger partial charge in [0.05, 0.1) is 22.9 Å². The fraction of sp³-hybridized carbons (Fsp3) is 0.700. The van der Waals surface area contributed by atoms with Crippen LogP contribution in [0, 0.1) is 45.8 Å². The summed E-state index contributed by atoms with van der Waals surface area (Å²) in [6.07, 6.45) is 15.2. The van der Waals surface area contributed by atoms with Crippen LogP contribution in [0.5, 0.6) is 0 Å². The van der Waals surface area contributed by atoms with E-state index in [1.54, 1.807) is 32.1 Å². The van der Waals surface area contributed by atoms with E-state index in [2.05, 4.69) is 19.6 Å². The van der Waals surface area contributed by atoms with Crippen LogP contribution in [0.25, 0.3) is 0 Å². The van der Waals surface area contributed by atoms with Crippen molar-refractivity contribution in [1.82, 2.24) is 0 Å². The highest BCUT2D eigenvalue weighted by atomic mass is 16.6. The van der Waals surface area contributed by atoms with Crippen LogP contribution in [0.4, 0.5) is 0 Å². The fourth-order valence-electron chi connectivity index (χ4n) is 11.9. The maximum absolute atomic E-state index is 13.8. The minimum absolute atomic E-state index is 0.0104. The van der Waals surface area contributed by atoms with E-state index in [0.717, 1.165) is 57.8 Å². The predicted molar refractivity (Wildman–Crippen MR) is 178 cm³/mol. The molecule has 8 nitrogen and oxygen atoms in total. The molecule has 0 radical (unpaired) electrons. The number of hydrogen-bond acceptors (Lipinski definition) is 7. The van der Waals surface area contributed by atoms with E-state index in [4.69, 9.17) is 14.2 Å². The van der Waals surface area contributed by atoms with Gasteiger partial charge in [-0.25, -0.2) is 9.59 Å². The third-order valence-electron chi connectivity index (χ3n) is 14.4. The molecule has 0 aromatic carbocycles. The Morgan fingerprint density at radius 3 is 2.56 bits per heavy atom. The van der Waals surface area contributed by atoms with Crippen molar-refractivity contribution < 1.29 is 38.5 Å². The largest absolute Gasteiger partial charge is 0.481 e. The van der Waals surface area contributed by atoms with Gasteiger partial charge in [-0.15, -0.1) is 0 Å². The first-order valence-electron chi connectivity index (χ1n) is 18.2. The molecule has 1 spiro atoms. The van der Waals surface area contributed by atoms with Crippen LogP contribution in [-0.2, 0) is 33.4 Å². The molecular weight excluding hydrogens is 608 g/mol. The van der Waals surface area contributed by atoms with Crippen molar-refractivity contribution in [1.29, 1.82) is 0 Å². The van der Waals surface area contributed by atoms with Gasteiger partial charge in [0.1, 0.15) is 18.3 Å². The molecule has 3 saturated carbocycles. The lowest BCUT2D eigenvalue weighted by Crippen LogP contribution is -2.58. The molecule has 1 N–H and O–H groups in total. The first-order valence-corrected chi connectivity index (χ1v) is 18.2. The number of hydrogen-bond donors (Lipinski definition) is 1. The Balaban J connectivity index is 1.15. The maximum atomic E-state index is 13.8. The summed E-state index contributed by atoms with van der Waals surface area (Å²) in [6.45, 7) is 13.8. The zero-order valence-electron chi connectivity index (χ0n) is 29.2. The van der Waals surface area contributed by atoms with E-state index in [9.17, 15) is 24.3 Å². The Hall–Kier alpha value is -3.00. The molecule has 0 amide bonds. The molecule has 0 unspecified atom stereocenters. The van der Waals surface area contributed by atoms with E-state index in [0.29, 0.717) is 23.8 Å². The Bertz CT molecular complexity index is 1540. The molecule has 3 heterocycles. The van der Waals surface area contributed by atoms with Gasteiger partial charge in [0.15, 0.2) is 5.78 Å². The first-order chi connectivity index (χ1) is 22.6. The molecule has 2 saturated heterocycles. The van der Waals surface area contributed by atoms with Gasteiger partial charge in [-0.3, -0.25) is 9.59 Å². The number of carboxylic acid groups (broad SMARTS) is 1. The molecule has 4 bridgehead atoms. The summed E-state index contributed by atoms with van der Waals surface area (Å²) < 4.78 is 18.7. The standard InChI is InChI=1S/C40H52O8/c1-7-22(2)34(42)46-28-21-37(4)17-13-27(41)26(32(48-37)33-31(28)23(3)35(43)47-33)11-9-24-19-40-18-14-29-38(5,30(40)12-10-25(24)20-40)15-8-16-39(29,6)36(44)45/h7,13,17,19,25-26,28-33H,3,8-12,14-16,18,20-21H2,1-2,4-6H3,(H,44,45)/b22-7+/t25-,26+,28-,29+,30+,31-,32-,33+,37+,38-,39-,40-/m1/s1. The molecule has 0 aromatic rings. The second-order valence-corrected chi connectivity index (χ2v) is 17.0. The molecule has 3 aliphatic heterocycles. The molecule has 48 heavy (non-hydrogen) atoms. The van der Waals surface area contributed by atoms with E-state index in [1.807, 2.05) is 13.8 Å². The highest BCUT2D eigenvalue weighted by molar-refractivity contribution is 5.94. The van der Waals surface area contributed by atoms with Crippen molar-refractivity contribution in [3.05, 3.63) is 47.6 Å². The van der Waals surface area contributed by atoms with E-state index >= 15 is 0 Å². The average molecular weight is 661 g/mol. The van der Waals surface area contributed by atoms with E-state index < -0.39 is 59.1 Å². The third kappa shape index (κ3) is 5.01. The number of esters is 2. The van der Waals surface area contributed by atoms with Gasteiger partial charge in [0.2, 0.25) is 0 Å². The molecule has 260 valence electrons. The van der Waals surface area contributed by atoms with Crippen LogP contribution in [0.3, 0.4) is 0 Å². The zero-order chi connectivity index (χ0) is 34.4. The molecule has 12 atom stereocenters. The lowest BCUT2D eigenvalue weighted by molar-refractivity contribution is -0.177.